The van der Waals surface area contributed by atoms with Gasteiger partial charge in [0.15, 0.2) is 6.29 Å². The van der Waals surface area contributed by atoms with Crippen LogP contribution in [0, 0.1) is 5.92 Å². The van der Waals surface area contributed by atoms with Crippen molar-refractivity contribution in [3.8, 4) is 22.5 Å². The summed E-state index contributed by atoms with van der Waals surface area (Å²) in [5.74, 6) is 0.0847. The van der Waals surface area contributed by atoms with E-state index in [0.717, 1.165) is 79.6 Å². The van der Waals surface area contributed by atoms with E-state index in [1.165, 1.54) is 0 Å². The van der Waals surface area contributed by atoms with E-state index in [2.05, 4.69) is 40.7 Å². The second kappa shape index (κ2) is 11.9. The molecule has 1 unspecified atom stereocenters. The molecule has 2 aliphatic rings. The molecule has 5 heterocycles. The van der Waals surface area contributed by atoms with Crippen molar-refractivity contribution in [2.45, 2.75) is 77.2 Å². The Kier molecular flexibility index (Phi) is 7.92. The maximum Gasteiger partial charge on any atom is 0.223 e. The van der Waals surface area contributed by atoms with Crippen molar-refractivity contribution in [3.63, 3.8) is 0 Å². The average Bonchev–Trinajstić information content (AvgIpc) is 3.72. The number of hydrogen-bond acceptors (Lipinski definition) is 7. The highest BCUT2D eigenvalue weighted by molar-refractivity contribution is 5.80. The summed E-state index contributed by atoms with van der Waals surface area (Å²) in [4.78, 5) is 17.6. The third kappa shape index (κ3) is 5.53. The quantitative estimate of drug-likeness (QED) is 0.277. The largest absolute Gasteiger partial charge is 0.354 e. The van der Waals surface area contributed by atoms with Gasteiger partial charge in [0.05, 0.1) is 60.4 Å². The number of amides is 1. The Morgan fingerprint density at radius 1 is 1.10 bits per heavy atom. The van der Waals surface area contributed by atoms with Gasteiger partial charge >= 0.3 is 0 Å². The summed E-state index contributed by atoms with van der Waals surface area (Å²) in [7, 11) is 0. The Morgan fingerprint density at radius 3 is 2.75 bits per heavy atom. The van der Waals surface area contributed by atoms with Crippen LogP contribution in [0.1, 0.15) is 70.9 Å². The minimum absolute atomic E-state index is 0.000312. The van der Waals surface area contributed by atoms with Gasteiger partial charge in [-0.2, -0.15) is 15.3 Å². The van der Waals surface area contributed by atoms with Gasteiger partial charge in [0, 0.05) is 42.6 Å². The van der Waals surface area contributed by atoms with Crippen molar-refractivity contribution in [2.24, 2.45) is 5.92 Å². The highest BCUT2D eigenvalue weighted by Crippen LogP contribution is 2.38. The Hall–Kier alpha value is -3.57. The van der Waals surface area contributed by atoms with Crippen molar-refractivity contribution in [3.05, 3.63) is 43.2 Å². The fraction of sp³-hybridized carbons (Fsp3) is 0.552. The fourth-order valence-corrected chi connectivity index (χ4v) is 5.64. The van der Waals surface area contributed by atoms with E-state index >= 15 is 0 Å². The number of hydrogen-bond donors (Lipinski definition) is 1. The Morgan fingerprint density at radius 2 is 1.95 bits per heavy atom. The van der Waals surface area contributed by atoms with Crippen molar-refractivity contribution in [2.75, 3.05) is 19.8 Å². The zero-order chi connectivity index (χ0) is 27.5. The number of nitrogens with one attached hydrogen (secondary N) is 1. The van der Waals surface area contributed by atoms with Crippen LogP contribution in [0.2, 0.25) is 0 Å². The van der Waals surface area contributed by atoms with Crippen LogP contribution >= 0.6 is 0 Å². The lowest BCUT2D eigenvalue weighted by Crippen LogP contribution is -2.41. The second-order valence-corrected chi connectivity index (χ2v) is 10.8. The van der Waals surface area contributed by atoms with Gasteiger partial charge in [0.2, 0.25) is 5.91 Å². The van der Waals surface area contributed by atoms with E-state index < -0.39 is 0 Å². The van der Waals surface area contributed by atoms with Crippen LogP contribution in [0.4, 0.5) is 0 Å². The molecule has 11 heteroatoms. The van der Waals surface area contributed by atoms with Gasteiger partial charge in [-0.3, -0.25) is 14.2 Å². The lowest BCUT2D eigenvalue weighted by Gasteiger charge is -2.34. The number of fused-ring (bicyclic) bond motifs is 1. The molecule has 212 valence electrons. The molecular formula is C29H38N8O3. The zero-order valence-electron chi connectivity index (χ0n) is 23.3. The van der Waals surface area contributed by atoms with Crippen LogP contribution in [0.15, 0.2) is 43.2 Å². The lowest BCUT2D eigenvalue weighted by atomic mass is 9.79. The highest BCUT2D eigenvalue weighted by atomic mass is 16.7. The first-order chi connectivity index (χ1) is 19.6. The molecule has 4 aromatic rings. The molecule has 11 nitrogen and oxygen atoms in total. The molecule has 1 aliphatic carbocycles. The Balaban J connectivity index is 1.08. The molecular weight excluding hydrogens is 508 g/mol. The van der Waals surface area contributed by atoms with Gasteiger partial charge in [-0.15, -0.1) is 0 Å². The first-order valence-electron chi connectivity index (χ1n) is 14.6. The normalized spacial score (nSPS) is 21.1. The van der Waals surface area contributed by atoms with E-state index in [4.69, 9.17) is 14.5 Å². The first-order valence-corrected chi connectivity index (χ1v) is 14.6. The maximum atomic E-state index is 12.6. The number of aromatic nitrogens is 7. The standard InChI is InChI=1S/C29H38N8O3/c1-3-23(4-2)35-18-22(16-33-35)28-26-8-9-31-37(26)19-25(34-28)21-15-32-36(17-21)24-13-20(14-24)29(38)30-10-12-40-27-7-5-6-11-39-27/h8-9,15-20,23-24,27H,3-7,10-14H2,1-2H3,(H,30,38)/t20-,24-,27?. The van der Waals surface area contributed by atoms with E-state index in [-0.39, 0.29) is 24.2 Å². The molecule has 1 amide bonds. The molecule has 0 bridgehead atoms. The summed E-state index contributed by atoms with van der Waals surface area (Å²) in [6, 6.07) is 2.54. The average molecular weight is 547 g/mol. The van der Waals surface area contributed by atoms with Crippen LogP contribution in [-0.4, -0.2) is 66.1 Å². The van der Waals surface area contributed by atoms with Gasteiger partial charge in [0.25, 0.3) is 0 Å². The van der Waals surface area contributed by atoms with E-state index in [1.54, 1.807) is 6.20 Å². The van der Waals surface area contributed by atoms with Gasteiger partial charge in [0.1, 0.15) is 0 Å². The molecule has 0 aromatic carbocycles. The van der Waals surface area contributed by atoms with Crippen LogP contribution < -0.4 is 5.32 Å². The number of ether oxygens (including phenoxy) is 2. The van der Waals surface area contributed by atoms with E-state index in [0.29, 0.717) is 19.2 Å². The number of carbonyl (C=O) groups excluding carboxylic acids is 1. The fourth-order valence-electron chi connectivity index (χ4n) is 5.64. The molecule has 1 saturated heterocycles. The number of carbonyl (C=O) groups is 1. The van der Waals surface area contributed by atoms with E-state index in [1.807, 2.05) is 44.7 Å². The molecule has 2 fully saturated rings. The second-order valence-electron chi connectivity index (χ2n) is 10.8. The predicted octanol–water partition coefficient (Wildman–Crippen LogP) is 4.43. The van der Waals surface area contributed by atoms with Crippen LogP contribution in [0.25, 0.3) is 28.0 Å². The van der Waals surface area contributed by atoms with Crippen LogP contribution in [-0.2, 0) is 14.3 Å². The van der Waals surface area contributed by atoms with Gasteiger partial charge < -0.3 is 14.8 Å². The molecule has 0 radical (unpaired) electrons. The smallest absolute Gasteiger partial charge is 0.223 e. The van der Waals surface area contributed by atoms with Crippen molar-refractivity contribution in [1.82, 2.24) is 39.5 Å². The van der Waals surface area contributed by atoms with Crippen molar-refractivity contribution in [1.29, 1.82) is 0 Å². The molecule has 1 aliphatic heterocycles. The number of nitrogens with zero attached hydrogens (tertiary/aromatic N) is 7. The molecule has 1 atom stereocenters. The molecule has 40 heavy (non-hydrogen) atoms. The van der Waals surface area contributed by atoms with Crippen molar-refractivity contribution >= 4 is 11.4 Å². The van der Waals surface area contributed by atoms with Gasteiger partial charge in [-0.05, 0) is 51.0 Å². The lowest BCUT2D eigenvalue weighted by molar-refractivity contribution is -0.162. The maximum absolute atomic E-state index is 12.6. The summed E-state index contributed by atoms with van der Waals surface area (Å²) >= 11 is 0. The summed E-state index contributed by atoms with van der Waals surface area (Å²) in [6.07, 6.45) is 18.2. The van der Waals surface area contributed by atoms with Crippen LogP contribution in [0.5, 0.6) is 0 Å². The minimum Gasteiger partial charge on any atom is -0.354 e. The summed E-state index contributed by atoms with van der Waals surface area (Å²) in [6.45, 7) is 6.10. The topological polar surface area (TPSA) is 113 Å². The zero-order valence-corrected chi connectivity index (χ0v) is 23.3. The molecule has 0 spiro atoms. The van der Waals surface area contributed by atoms with E-state index in [9.17, 15) is 4.79 Å². The summed E-state index contributed by atoms with van der Waals surface area (Å²) < 4.78 is 17.1. The van der Waals surface area contributed by atoms with Crippen LogP contribution in [0.3, 0.4) is 0 Å². The molecule has 1 N–H and O–H groups in total. The molecule has 1 saturated carbocycles. The SMILES string of the molecule is CCC(CC)n1cc(-c2nc(-c3cnn([C@H]4C[C@H](C(=O)NCCOC5CCCCO5)C4)c3)cn3nccc23)cn1. The third-order valence-electron chi connectivity index (χ3n) is 8.18. The predicted molar refractivity (Wildman–Crippen MR) is 149 cm³/mol. The monoisotopic (exact) mass is 546 g/mol. The first kappa shape index (κ1) is 26.6. The number of rotatable bonds is 11. The Bertz CT molecular complexity index is 1430. The summed E-state index contributed by atoms with van der Waals surface area (Å²) in [5.41, 5.74) is 4.46. The van der Waals surface area contributed by atoms with Gasteiger partial charge in [-0.1, -0.05) is 13.8 Å². The highest BCUT2D eigenvalue weighted by Gasteiger charge is 2.36. The Labute approximate surface area is 233 Å². The van der Waals surface area contributed by atoms with Gasteiger partial charge in [-0.25, -0.2) is 9.50 Å². The third-order valence-corrected chi connectivity index (χ3v) is 8.18. The molecule has 4 aromatic heterocycles. The minimum atomic E-state index is -0.125. The van der Waals surface area contributed by atoms with Crippen molar-refractivity contribution < 1.29 is 14.3 Å². The summed E-state index contributed by atoms with van der Waals surface area (Å²) in [5, 5.41) is 16.7. The molecule has 6 rings (SSSR count).